The normalized spacial score (nSPS) is 10.8. The van der Waals surface area contributed by atoms with Gasteiger partial charge in [0.2, 0.25) is 0 Å². The molecular formula is C16H13ClN4O4. The Bertz CT molecular complexity index is 1090. The Morgan fingerprint density at radius 1 is 1.16 bits per heavy atom. The average molecular weight is 361 g/mol. The molecule has 0 aromatic carbocycles. The molecule has 0 saturated heterocycles. The van der Waals surface area contributed by atoms with Gasteiger partial charge in [-0.1, -0.05) is 17.7 Å². The maximum atomic E-state index is 12.2. The molecule has 0 bridgehead atoms. The lowest BCUT2D eigenvalue weighted by Crippen LogP contribution is -2.37. The van der Waals surface area contributed by atoms with Crippen molar-refractivity contribution in [3.05, 3.63) is 67.7 Å². The number of carbonyl (C=O) groups is 1. The zero-order valence-electron chi connectivity index (χ0n) is 13.4. The van der Waals surface area contributed by atoms with Crippen LogP contribution in [0.5, 0.6) is 0 Å². The van der Waals surface area contributed by atoms with Crippen molar-refractivity contribution in [2.24, 2.45) is 14.1 Å². The summed E-state index contributed by atoms with van der Waals surface area (Å²) in [6.07, 6.45) is 1.50. The highest BCUT2D eigenvalue weighted by Gasteiger charge is 2.15. The van der Waals surface area contributed by atoms with Gasteiger partial charge in [0.05, 0.1) is 5.39 Å². The molecule has 3 rings (SSSR count). The first-order valence-corrected chi connectivity index (χ1v) is 7.60. The number of aromatic nitrogens is 4. The molecule has 0 saturated carbocycles. The second-order valence-corrected chi connectivity index (χ2v) is 5.73. The van der Waals surface area contributed by atoms with Crippen molar-refractivity contribution >= 4 is 28.6 Å². The number of ether oxygens (including phenoxy) is 1. The molecule has 128 valence electrons. The lowest BCUT2D eigenvalue weighted by atomic mass is 10.2. The van der Waals surface area contributed by atoms with E-state index in [0.29, 0.717) is 10.7 Å². The van der Waals surface area contributed by atoms with Gasteiger partial charge in [0.25, 0.3) is 5.56 Å². The fourth-order valence-corrected chi connectivity index (χ4v) is 2.39. The van der Waals surface area contributed by atoms with Gasteiger partial charge < -0.3 is 4.74 Å². The van der Waals surface area contributed by atoms with Crippen LogP contribution >= 0.6 is 11.6 Å². The molecule has 0 aliphatic rings. The van der Waals surface area contributed by atoms with Crippen LogP contribution in [0.1, 0.15) is 16.1 Å². The molecule has 0 fully saturated rings. The van der Waals surface area contributed by atoms with Crippen LogP contribution in [-0.4, -0.2) is 25.1 Å². The maximum absolute atomic E-state index is 12.2. The quantitative estimate of drug-likeness (QED) is 0.511. The van der Waals surface area contributed by atoms with Crippen LogP contribution < -0.4 is 11.2 Å². The fraction of sp³-hybridized carbons (Fsp3) is 0.188. The molecule has 0 spiro atoms. The van der Waals surface area contributed by atoms with Gasteiger partial charge in [-0.3, -0.25) is 13.9 Å². The van der Waals surface area contributed by atoms with E-state index in [1.54, 1.807) is 12.1 Å². The molecule has 0 aliphatic heterocycles. The zero-order chi connectivity index (χ0) is 18.1. The van der Waals surface area contributed by atoms with Crippen molar-refractivity contribution in [2.75, 3.05) is 0 Å². The topological polar surface area (TPSA) is 96.1 Å². The van der Waals surface area contributed by atoms with E-state index in [1.165, 1.54) is 37.0 Å². The third kappa shape index (κ3) is 3.16. The van der Waals surface area contributed by atoms with Crippen molar-refractivity contribution in [1.82, 2.24) is 19.1 Å². The van der Waals surface area contributed by atoms with Crippen molar-refractivity contribution in [3.63, 3.8) is 0 Å². The highest BCUT2D eigenvalue weighted by Crippen LogP contribution is 2.10. The van der Waals surface area contributed by atoms with Crippen LogP contribution in [-0.2, 0) is 25.4 Å². The molecule has 3 heterocycles. The van der Waals surface area contributed by atoms with Gasteiger partial charge in [0.1, 0.15) is 17.4 Å². The van der Waals surface area contributed by atoms with E-state index in [0.717, 1.165) is 4.57 Å². The van der Waals surface area contributed by atoms with Crippen LogP contribution in [0.2, 0.25) is 5.15 Å². The summed E-state index contributed by atoms with van der Waals surface area (Å²) in [4.78, 5) is 44.2. The van der Waals surface area contributed by atoms with Crippen LogP contribution in [0.25, 0.3) is 11.0 Å². The summed E-state index contributed by atoms with van der Waals surface area (Å²) in [5.74, 6) is -0.676. The minimum Gasteiger partial charge on any atom is -0.456 e. The third-order valence-electron chi connectivity index (χ3n) is 3.67. The first-order valence-electron chi connectivity index (χ1n) is 7.23. The summed E-state index contributed by atoms with van der Waals surface area (Å²) in [6.45, 7) is -0.00178. The van der Waals surface area contributed by atoms with E-state index >= 15 is 0 Å². The monoisotopic (exact) mass is 360 g/mol. The standard InChI is InChI=1S/C16H13ClN4O4/c1-20-13-10(14(22)21(2)16(20)24)4-5-11(19-13)15(23)25-8-9-3-6-12(17)18-7-9/h3-7H,8H2,1-2H3. The summed E-state index contributed by atoms with van der Waals surface area (Å²) >= 11 is 5.69. The number of hydrogen-bond acceptors (Lipinski definition) is 6. The number of hydrogen-bond donors (Lipinski definition) is 0. The predicted octanol–water partition coefficient (Wildman–Crippen LogP) is 1.04. The third-order valence-corrected chi connectivity index (χ3v) is 3.89. The van der Waals surface area contributed by atoms with Crippen LogP contribution in [0.4, 0.5) is 0 Å². The maximum Gasteiger partial charge on any atom is 0.357 e. The van der Waals surface area contributed by atoms with E-state index in [9.17, 15) is 14.4 Å². The highest BCUT2D eigenvalue weighted by molar-refractivity contribution is 6.29. The molecule has 0 atom stereocenters. The van der Waals surface area contributed by atoms with Gasteiger partial charge in [0.15, 0.2) is 5.69 Å². The summed E-state index contributed by atoms with van der Waals surface area (Å²) in [5, 5.41) is 0.580. The van der Waals surface area contributed by atoms with Crippen LogP contribution in [0.15, 0.2) is 40.1 Å². The second kappa shape index (κ2) is 6.48. The highest BCUT2D eigenvalue weighted by atomic mass is 35.5. The first-order chi connectivity index (χ1) is 11.9. The van der Waals surface area contributed by atoms with Crippen LogP contribution in [0.3, 0.4) is 0 Å². The lowest BCUT2D eigenvalue weighted by molar-refractivity contribution is 0.0466. The Morgan fingerprint density at radius 3 is 2.60 bits per heavy atom. The minimum atomic E-state index is -0.676. The van der Waals surface area contributed by atoms with Crippen molar-refractivity contribution in [1.29, 1.82) is 0 Å². The predicted molar refractivity (Wildman–Crippen MR) is 90.6 cm³/mol. The number of rotatable bonds is 3. The summed E-state index contributed by atoms with van der Waals surface area (Å²) in [5.41, 5.74) is -0.214. The van der Waals surface area contributed by atoms with E-state index in [2.05, 4.69) is 9.97 Å². The Labute approximate surface area is 146 Å². The minimum absolute atomic E-state index is 0.00178. The van der Waals surface area contributed by atoms with Crippen molar-refractivity contribution < 1.29 is 9.53 Å². The largest absolute Gasteiger partial charge is 0.456 e. The average Bonchev–Trinajstić information content (AvgIpc) is 2.63. The second-order valence-electron chi connectivity index (χ2n) is 5.34. The smallest absolute Gasteiger partial charge is 0.357 e. The molecule has 3 aromatic heterocycles. The molecule has 0 aliphatic carbocycles. The van der Waals surface area contributed by atoms with Gasteiger partial charge in [-0.2, -0.15) is 0 Å². The van der Waals surface area contributed by atoms with Crippen molar-refractivity contribution in [3.8, 4) is 0 Å². The Balaban J connectivity index is 1.91. The molecular weight excluding hydrogens is 348 g/mol. The number of esters is 1. The lowest BCUT2D eigenvalue weighted by Gasteiger charge is -2.08. The fourth-order valence-electron chi connectivity index (χ4n) is 2.28. The zero-order valence-corrected chi connectivity index (χ0v) is 14.1. The van der Waals surface area contributed by atoms with Gasteiger partial charge in [-0.15, -0.1) is 0 Å². The number of aryl methyl sites for hydroxylation is 1. The number of halogens is 1. The Hall–Kier alpha value is -3.00. The van der Waals surface area contributed by atoms with Gasteiger partial charge in [-0.25, -0.2) is 19.6 Å². The molecule has 0 unspecified atom stereocenters. The number of pyridine rings is 2. The molecule has 0 amide bonds. The van der Waals surface area contributed by atoms with Crippen LogP contribution in [0, 0.1) is 0 Å². The van der Waals surface area contributed by atoms with Gasteiger partial charge in [0, 0.05) is 25.9 Å². The van der Waals surface area contributed by atoms with Gasteiger partial charge >= 0.3 is 11.7 Å². The number of nitrogens with zero attached hydrogens (tertiary/aromatic N) is 4. The first kappa shape index (κ1) is 16.8. The summed E-state index contributed by atoms with van der Waals surface area (Å²) < 4.78 is 7.36. The summed E-state index contributed by atoms with van der Waals surface area (Å²) in [6, 6.07) is 6.11. The SMILES string of the molecule is Cn1c(=O)c2ccc(C(=O)OCc3ccc(Cl)nc3)nc2n(C)c1=O. The molecule has 0 N–H and O–H groups in total. The molecule has 8 nitrogen and oxygen atoms in total. The Morgan fingerprint density at radius 2 is 1.92 bits per heavy atom. The molecule has 9 heteroatoms. The Kier molecular flexibility index (Phi) is 4.37. The molecule has 0 radical (unpaired) electrons. The number of carbonyl (C=O) groups excluding carboxylic acids is 1. The van der Waals surface area contributed by atoms with E-state index in [-0.39, 0.29) is 23.3 Å². The van der Waals surface area contributed by atoms with Crippen molar-refractivity contribution in [2.45, 2.75) is 6.61 Å². The van der Waals surface area contributed by atoms with E-state index in [4.69, 9.17) is 16.3 Å². The molecule has 3 aromatic rings. The number of fused-ring (bicyclic) bond motifs is 1. The van der Waals surface area contributed by atoms with Gasteiger partial charge in [-0.05, 0) is 18.2 Å². The summed E-state index contributed by atoms with van der Waals surface area (Å²) in [7, 11) is 2.86. The molecule has 25 heavy (non-hydrogen) atoms. The van der Waals surface area contributed by atoms with E-state index < -0.39 is 17.2 Å². The van der Waals surface area contributed by atoms with E-state index in [1.807, 2.05) is 0 Å².